The van der Waals surface area contributed by atoms with Gasteiger partial charge in [-0.3, -0.25) is 10.1 Å². The number of amides is 1. The lowest BCUT2D eigenvalue weighted by Crippen LogP contribution is -2.29. The molecule has 1 heterocycles. The van der Waals surface area contributed by atoms with Gasteiger partial charge in [-0.05, 0) is 31.9 Å². The van der Waals surface area contributed by atoms with Gasteiger partial charge in [0.1, 0.15) is 0 Å². The number of carbonyl (C=O) groups excluding carboxylic acids is 1. The van der Waals surface area contributed by atoms with E-state index >= 15 is 0 Å². The minimum atomic E-state index is 0.117. The van der Waals surface area contributed by atoms with E-state index in [4.69, 9.17) is 0 Å². The van der Waals surface area contributed by atoms with Crippen molar-refractivity contribution in [2.75, 3.05) is 5.32 Å². The number of hydrogen-bond donors (Lipinski definition) is 1. The van der Waals surface area contributed by atoms with Crippen LogP contribution in [0.5, 0.6) is 0 Å². The van der Waals surface area contributed by atoms with Crippen LogP contribution in [0.2, 0.25) is 0 Å². The Morgan fingerprint density at radius 3 is 2.89 bits per heavy atom. The van der Waals surface area contributed by atoms with Gasteiger partial charge in [-0.2, -0.15) is 0 Å². The molecule has 1 amide bonds. The van der Waals surface area contributed by atoms with Crippen molar-refractivity contribution in [3.8, 4) is 0 Å². The Balaban J connectivity index is 1.92. The summed E-state index contributed by atoms with van der Waals surface area (Å²) < 4.78 is 2.05. The molecule has 0 radical (unpaired) electrons. The Hall–Kier alpha value is -1.84. The van der Waals surface area contributed by atoms with Crippen LogP contribution in [0.3, 0.4) is 0 Å². The Morgan fingerprint density at radius 1 is 1.44 bits per heavy atom. The zero-order chi connectivity index (χ0) is 12.5. The molecule has 0 atom stereocenters. The van der Waals surface area contributed by atoms with Gasteiger partial charge >= 0.3 is 0 Å². The van der Waals surface area contributed by atoms with Crippen LogP contribution < -0.4 is 5.32 Å². The third-order valence-electron chi connectivity index (χ3n) is 3.68. The fourth-order valence-corrected chi connectivity index (χ4v) is 2.37. The number of hydrogen-bond acceptors (Lipinski definition) is 2. The first kappa shape index (κ1) is 11.3. The highest BCUT2D eigenvalue weighted by molar-refractivity contribution is 5.93. The molecule has 2 aromatic rings. The molecule has 4 nitrogen and oxygen atoms in total. The van der Waals surface area contributed by atoms with Crippen molar-refractivity contribution in [3.63, 3.8) is 0 Å². The van der Waals surface area contributed by atoms with Gasteiger partial charge in [0.15, 0.2) is 0 Å². The lowest BCUT2D eigenvalue weighted by molar-refractivity contribution is -0.122. The van der Waals surface area contributed by atoms with Crippen LogP contribution in [0, 0.1) is 5.92 Å². The summed E-state index contributed by atoms with van der Waals surface area (Å²) in [6.45, 7) is 2.87. The van der Waals surface area contributed by atoms with Gasteiger partial charge in [0.2, 0.25) is 11.9 Å². The smallest absolute Gasteiger partial charge is 0.229 e. The molecule has 1 aromatic heterocycles. The number of aryl methyl sites for hydroxylation is 1. The van der Waals surface area contributed by atoms with Crippen LogP contribution in [-0.2, 0) is 11.3 Å². The fourth-order valence-electron chi connectivity index (χ4n) is 2.37. The molecule has 18 heavy (non-hydrogen) atoms. The van der Waals surface area contributed by atoms with Crippen molar-refractivity contribution >= 4 is 22.9 Å². The van der Waals surface area contributed by atoms with Crippen molar-refractivity contribution in [2.45, 2.75) is 32.7 Å². The van der Waals surface area contributed by atoms with Crippen LogP contribution in [0.15, 0.2) is 24.3 Å². The van der Waals surface area contributed by atoms with Gasteiger partial charge in [0.05, 0.1) is 11.0 Å². The minimum Gasteiger partial charge on any atom is -0.310 e. The Bertz CT molecular complexity index is 584. The third-order valence-corrected chi connectivity index (χ3v) is 3.68. The Labute approximate surface area is 106 Å². The average molecular weight is 243 g/mol. The lowest BCUT2D eigenvalue weighted by atomic mass is 9.85. The maximum absolute atomic E-state index is 12.0. The number of carbonyl (C=O) groups is 1. The zero-order valence-corrected chi connectivity index (χ0v) is 10.5. The van der Waals surface area contributed by atoms with E-state index in [0.717, 1.165) is 30.4 Å². The summed E-state index contributed by atoms with van der Waals surface area (Å²) in [4.78, 5) is 16.5. The second-order valence-corrected chi connectivity index (χ2v) is 4.79. The predicted molar refractivity (Wildman–Crippen MR) is 71.4 cm³/mol. The van der Waals surface area contributed by atoms with Crippen LogP contribution in [0.1, 0.15) is 26.2 Å². The van der Waals surface area contributed by atoms with E-state index in [1.807, 2.05) is 28.8 Å². The summed E-state index contributed by atoms with van der Waals surface area (Å²) in [6, 6.07) is 7.96. The minimum absolute atomic E-state index is 0.117. The quantitative estimate of drug-likeness (QED) is 0.901. The van der Waals surface area contributed by atoms with Gasteiger partial charge < -0.3 is 4.57 Å². The highest BCUT2D eigenvalue weighted by Crippen LogP contribution is 2.28. The molecule has 0 aliphatic heterocycles. The van der Waals surface area contributed by atoms with Crippen molar-refractivity contribution in [3.05, 3.63) is 24.3 Å². The van der Waals surface area contributed by atoms with Gasteiger partial charge in [-0.1, -0.05) is 18.6 Å². The standard InChI is InChI=1S/C14H17N3O/c1-2-17-12-9-4-3-8-11(12)15-14(17)16-13(18)10-6-5-7-10/h3-4,8-10H,2,5-7H2,1H3,(H,15,16,18). The molecule has 1 fully saturated rings. The Morgan fingerprint density at radius 2 is 2.22 bits per heavy atom. The molecular weight excluding hydrogens is 226 g/mol. The number of anilines is 1. The number of imidazole rings is 1. The van der Waals surface area contributed by atoms with Crippen molar-refractivity contribution < 1.29 is 4.79 Å². The SMILES string of the molecule is CCn1c(NC(=O)C2CCC2)nc2ccccc21. The molecule has 0 spiro atoms. The van der Waals surface area contributed by atoms with Crippen LogP contribution in [-0.4, -0.2) is 15.5 Å². The monoisotopic (exact) mass is 243 g/mol. The number of fused-ring (bicyclic) bond motifs is 1. The summed E-state index contributed by atoms with van der Waals surface area (Å²) >= 11 is 0. The summed E-state index contributed by atoms with van der Waals surface area (Å²) in [5.41, 5.74) is 2.01. The van der Waals surface area contributed by atoms with E-state index < -0.39 is 0 Å². The van der Waals surface area contributed by atoms with Crippen LogP contribution in [0.25, 0.3) is 11.0 Å². The number of para-hydroxylation sites is 2. The van der Waals surface area contributed by atoms with Crippen LogP contribution >= 0.6 is 0 Å². The van der Waals surface area contributed by atoms with E-state index in [0.29, 0.717) is 5.95 Å². The second-order valence-electron chi connectivity index (χ2n) is 4.79. The summed E-state index contributed by atoms with van der Waals surface area (Å²) in [5, 5.41) is 2.97. The van der Waals surface area contributed by atoms with Gasteiger partial charge in [0.25, 0.3) is 0 Å². The molecule has 0 saturated heterocycles. The van der Waals surface area contributed by atoms with Gasteiger partial charge in [0, 0.05) is 12.5 Å². The fraction of sp³-hybridized carbons (Fsp3) is 0.429. The maximum Gasteiger partial charge on any atom is 0.229 e. The van der Waals surface area contributed by atoms with Crippen LogP contribution in [0.4, 0.5) is 5.95 Å². The number of nitrogens with one attached hydrogen (secondary N) is 1. The molecule has 0 bridgehead atoms. The maximum atomic E-state index is 12.0. The van der Waals surface area contributed by atoms with E-state index in [1.165, 1.54) is 6.42 Å². The number of rotatable bonds is 3. The van der Waals surface area contributed by atoms with Crippen molar-refractivity contribution in [1.29, 1.82) is 0 Å². The van der Waals surface area contributed by atoms with E-state index in [2.05, 4.69) is 17.2 Å². The molecule has 1 N–H and O–H groups in total. The van der Waals surface area contributed by atoms with E-state index in [-0.39, 0.29) is 11.8 Å². The average Bonchev–Trinajstić information content (AvgIpc) is 2.63. The molecule has 1 saturated carbocycles. The lowest BCUT2D eigenvalue weighted by Gasteiger charge is -2.23. The third kappa shape index (κ3) is 1.78. The zero-order valence-electron chi connectivity index (χ0n) is 10.5. The number of benzene rings is 1. The topological polar surface area (TPSA) is 46.9 Å². The molecule has 1 aromatic carbocycles. The number of nitrogens with zero attached hydrogens (tertiary/aromatic N) is 2. The molecule has 3 rings (SSSR count). The summed E-state index contributed by atoms with van der Waals surface area (Å²) in [5.74, 6) is 0.983. The van der Waals surface area contributed by atoms with Gasteiger partial charge in [-0.25, -0.2) is 4.98 Å². The van der Waals surface area contributed by atoms with E-state index in [1.54, 1.807) is 0 Å². The molecular formula is C14H17N3O. The molecule has 94 valence electrons. The molecule has 0 unspecified atom stereocenters. The van der Waals surface area contributed by atoms with Gasteiger partial charge in [-0.15, -0.1) is 0 Å². The molecule has 4 heteroatoms. The Kier molecular flexibility index (Phi) is 2.78. The number of aromatic nitrogens is 2. The first-order valence-electron chi connectivity index (χ1n) is 6.55. The second kappa shape index (κ2) is 4.44. The molecule has 1 aliphatic carbocycles. The summed E-state index contributed by atoms with van der Waals surface area (Å²) in [6.07, 6.45) is 3.19. The van der Waals surface area contributed by atoms with Crippen molar-refractivity contribution in [2.24, 2.45) is 5.92 Å². The first-order valence-corrected chi connectivity index (χ1v) is 6.55. The van der Waals surface area contributed by atoms with E-state index in [9.17, 15) is 4.79 Å². The largest absolute Gasteiger partial charge is 0.310 e. The first-order chi connectivity index (χ1) is 8.79. The highest BCUT2D eigenvalue weighted by atomic mass is 16.2. The summed E-state index contributed by atoms with van der Waals surface area (Å²) in [7, 11) is 0. The predicted octanol–water partition coefficient (Wildman–Crippen LogP) is 2.79. The normalized spacial score (nSPS) is 15.6. The highest BCUT2D eigenvalue weighted by Gasteiger charge is 2.26. The van der Waals surface area contributed by atoms with Crippen molar-refractivity contribution in [1.82, 2.24) is 9.55 Å². The molecule has 1 aliphatic rings.